The second kappa shape index (κ2) is 4.73. The standard InChI is InChI=1S/C11H15N/c1-3-7-11(12-2)10-8-5-4-6-9-10/h3-6,8-9,11-12H,1,7H2,2H3. The first-order chi connectivity index (χ1) is 5.88. The highest BCUT2D eigenvalue weighted by Crippen LogP contribution is 2.15. The van der Waals surface area contributed by atoms with E-state index < -0.39 is 0 Å². The molecule has 1 aromatic rings. The van der Waals surface area contributed by atoms with Crippen molar-refractivity contribution in [2.24, 2.45) is 0 Å². The summed E-state index contributed by atoms with van der Waals surface area (Å²) in [5.41, 5.74) is 1.32. The van der Waals surface area contributed by atoms with Gasteiger partial charge in [0.1, 0.15) is 0 Å². The summed E-state index contributed by atoms with van der Waals surface area (Å²) in [4.78, 5) is 0. The Hall–Kier alpha value is -1.08. The molecule has 0 saturated carbocycles. The molecular formula is C11H15N. The van der Waals surface area contributed by atoms with E-state index >= 15 is 0 Å². The second-order valence-electron chi connectivity index (χ2n) is 2.78. The fraction of sp³-hybridized carbons (Fsp3) is 0.273. The van der Waals surface area contributed by atoms with Gasteiger partial charge in [-0.05, 0) is 19.0 Å². The van der Waals surface area contributed by atoms with Crippen molar-refractivity contribution in [1.29, 1.82) is 0 Å². The van der Waals surface area contributed by atoms with Crippen LogP contribution in [0.5, 0.6) is 0 Å². The minimum atomic E-state index is 0.406. The number of hydrogen-bond donors (Lipinski definition) is 1. The molecule has 64 valence electrons. The first-order valence-electron chi connectivity index (χ1n) is 4.21. The van der Waals surface area contributed by atoms with Gasteiger partial charge in [-0.25, -0.2) is 0 Å². The predicted octanol–water partition coefficient (Wildman–Crippen LogP) is 2.52. The molecule has 0 bridgehead atoms. The van der Waals surface area contributed by atoms with E-state index in [0.717, 1.165) is 6.42 Å². The maximum atomic E-state index is 3.73. The third-order valence-electron chi connectivity index (χ3n) is 1.95. The zero-order chi connectivity index (χ0) is 8.81. The molecule has 0 radical (unpaired) electrons. The molecule has 12 heavy (non-hydrogen) atoms. The molecule has 1 rings (SSSR count). The first-order valence-corrected chi connectivity index (χ1v) is 4.21. The van der Waals surface area contributed by atoms with Crippen molar-refractivity contribution in [2.45, 2.75) is 12.5 Å². The van der Waals surface area contributed by atoms with E-state index in [4.69, 9.17) is 0 Å². The third kappa shape index (κ3) is 2.21. The van der Waals surface area contributed by atoms with Gasteiger partial charge in [-0.15, -0.1) is 6.58 Å². The molecule has 1 aromatic carbocycles. The molecule has 0 spiro atoms. The minimum absolute atomic E-state index is 0.406. The quantitative estimate of drug-likeness (QED) is 0.669. The molecule has 1 atom stereocenters. The molecule has 0 aliphatic carbocycles. The molecule has 1 nitrogen and oxygen atoms in total. The topological polar surface area (TPSA) is 12.0 Å². The average molecular weight is 161 g/mol. The van der Waals surface area contributed by atoms with E-state index in [2.05, 4.69) is 36.2 Å². The van der Waals surface area contributed by atoms with Crippen molar-refractivity contribution in [1.82, 2.24) is 5.32 Å². The summed E-state index contributed by atoms with van der Waals surface area (Å²) in [5.74, 6) is 0. The summed E-state index contributed by atoms with van der Waals surface area (Å²) in [6.45, 7) is 3.73. The van der Waals surface area contributed by atoms with Gasteiger partial charge in [-0.1, -0.05) is 36.4 Å². The highest BCUT2D eigenvalue weighted by molar-refractivity contribution is 5.19. The van der Waals surface area contributed by atoms with Crippen molar-refractivity contribution < 1.29 is 0 Å². The van der Waals surface area contributed by atoms with Gasteiger partial charge in [0.25, 0.3) is 0 Å². The van der Waals surface area contributed by atoms with E-state index in [0.29, 0.717) is 6.04 Å². The Morgan fingerprint density at radius 1 is 1.42 bits per heavy atom. The number of hydrogen-bond acceptors (Lipinski definition) is 1. The van der Waals surface area contributed by atoms with Crippen LogP contribution in [0.3, 0.4) is 0 Å². The molecular weight excluding hydrogens is 146 g/mol. The highest BCUT2D eigenvalue weighted by atomic mass is 14.9. The molecule has 1 unspecified atom stereocenters. The minimum Gasteiger partial charge on any atom is -0.313 e. The summed E-state index contributed by atoms with van der Waals surface area (Å²) < 4.78 is 0. The maximum Gasteiger partial charge on any atom is 0.0352 e. The Labute approximate surface area is 74.1 Å². The van der Waals surface area contributed by atoms with Gasteiger partial charge >= 0.3 is 0 Å². The van der Waals surface area contributed by atoms with Gasteiger partial charge in [-0.2, -0.15) is 0 Å². The molecule has 0 heterocycles. The summed E-state index contributed by atoms with van der Waals surface area (Å²) in [6, 6.07) is 10.8. The van der Waals surface area contributed by atoms with Crippen LogP contribution in [0.1, 0.15) is 18.0 Å². The summed E-state index contributed by atoms with van der Waals surface area (Å²) >= 11 is 0. The second-order valence-corrected chi connectivity index (χ2v) is 2.78. The van der Waals surface area contributed by atoms with E-state index in [9.17, 15) is 0 Å². The molecule has 1 N–H and O–H groups in total. The summed E-state index contributed by atoms with van der Waals surface area (Å²) in [7, 11) is 1.97. The van der Waals surface area contributed by atoms with E-state index in [1.54, 1.807) is 0 Å². The van der Waals surface area contributed by atoms with Crippen molar-refractivity contribution in [3.63, 3.8) is 0 Å². The lowest BCUT2D eigenvalue weighted by Crippen LogP contribution is -2.15. The van der Waals surface area contributed by atoms with Crippen LogP contribution < -0.4 is 5.32 Å². The number of rotatable bonds is 4. The molecule has 1 heteroatoms. The van der Waals surface area contributed by atoms with Crippen LogP contribution in [0.15, 0.2) is 43.0 Å². The van der Waals surface area contributed by atoms with Gasteiger partial charge < -0.3 is 5.32 Å². The molecule has 0 fully saturated rings. The van der Waals surface area contributed by atoms with Crippen molar-refractivity contribution in [2.75, 3.05) is 7.05 Å². The van der Waals surface area contributed by atoms with Gasteiger partial charge in [-0.3, -0.25) is 0 Å². The molecule has 0 amide bonds. The van der Waals surface area contributed by atoms with Gasteiger partial charge in [0, 0.05) is 6.04 Å². The highest BCUT2D eigenvalue weighted by Gasteiger charge is 2.04. The average Bonchev–Trinajstić information content (AvgIpc) is 2.15. The molecule has 0 aliphatic heterocycles. The number of nitrogens with one attached hydrogen (secondary N) is 1. The Balaban J connectivity index is 2.72. The van der Waals surface area contributed by atoms with Crippen LogP contribution in [0.2, 0.25) is 0 Å². The summed E-state index contributed by atoms with van der Waals surface area (Å²) in [6.07, 6.45) is 2.91. The van der Waals surface area contributed by atoms with Crippen LogP contribution in [0, 0.1) is 0 Å². The Bertz CT molecular complexity index is 228. The fourth-order valence-electron chi connectivity index (χ4n) is 1.27. The zero-order valence-electron chi connectivity index (χ0n) is 7.46. The SMILES string of the molecule is C=CCC(NC)c1ccccc1. The zero-order valence-corrected chi connectivity index (χ0v) is 7.46. The normalized spacial score (nSPS) is 12.4. The van der Waals surface area contributed by atoms with Gasteiger partial charge in [0.05, 0.1) is 0 Å². The first kappa shape index (κ1) is 9.01. The van der Waals surface area contributed by atoms with Crippen molar-refractivity contribution in [3.05, 3.63) is 48.6 Å². The third-order valence-corrected chi connectivity index (χ3v) is 1.95. The molecule has 0 aromatic heterocycles. The largest absolute Gasteiger partial charge is 0.313 e. The maximum absolute atomic E-state index is 3.73. The lowest BCUT2D eigenvalue weighted by molar-refractivity contribution is 0.604. The van der Waals surface area contributed by atoms with Crippen LogP contribution in [-0.2, 0) is 0 Å². The van der Waals surface area contributed by atoms with Gasteiger partial charge in [0.15, 0.2) is 0 Å². The van der Waals surface area contributed by atoms with Crippen molar-refractivity contribution in [3.8, 4) is 0 Å². The Kier molecular flexibility index (Phi) is 3.55. The van der Waals surface area contributed by atoms with Crippen LogP contribution >= 0.6 is 0 Å². The summed E-state index contributed by atoms with van der Waals surface area (Å²) in [5, 5.41) is 3.25. The lowest BCUT2D eigenvalue weighted by Gasteiger charge is -2.13. The number of benzene rings is 1. The van der Waals surface area contributed by atoms with E-state index in [1.165, 1.54) is 5.56 Å². The fourth-order valence-corrected chi connectivity index (χ4v) is 1.27. The van der Waals surface area contributed by atoms with E-state index in [1.807, 2.05) is 19.2 Å². The van der Waals surface area contributed by atoms with Gasteiger partial charge in [0.2, 0.25) is 0 Å². The molecule has 0 aliphatic rings. The monoisotopic (exact) mass is 161 g/mol. The van der Waals surface area contributed by atoms with Crippen molar-refractivity contribution >= 4 is 0 Å². The molecule has 0 saturated heterocycles. The Morgan fingerprint density at radius 3 is 2.58 bits per heavy atom. The smallest absolute Gasteiger partial charge is 0.0352 e. The van der Waals surface area contributed by atoms with Crippen LogP contribution in [0.25, 0.3) is 0 Å². The van der Waals surface area contributed by atoms with E-state index in [-0.39, 0.29) is 0 Å². The predicted molar refractivity (Wildman–Crippen MR) is 53.1 cm³/mol. The lowest BCUT2D eigenvalue weighted by atomic mass is 10.0. The Morgan fingerprint density at radius 2 is 2.08 bits per heavy atom. The van der Waals surface area contributed by atoms with Crippen LogP contribution in [0.4, 0.5) is 0 Å². The van der Waals surface area contributed by atoms with Crippen LogP contribution in [-0.4, -0.2) is 7.05 Å².